The molecule has 1 heterocycles. The number of halogens is 3. The number of benzene rings is 1. The first-order valence-corrected chi connectivity index (χ1v) is 11.2. The Morgan fingerprint density at radius 3 is 2.33 bits per heavy atom. The first-order valence-electron chi connectivity index (χ1n) is 11.2. The van der Waals surface area contributed by atoms with Gasteiger partial charge in [-0.15, -0.1) is 0 Å². The van der Waals surface area contributed by atoms with E-state index in [1.54, 1.807) is 0 Å². The fraction of sp³-hybridized carbons (Fsp3) is 0.565. The van der Waals surface area contributed by atoms with E-state index in [0.29, 0.717) is 17.9 Å². The molecule has 0 radical (unpaired) electrons. The number of aliphatic hydroxyl groups is 1. The van der Waals surface area contributed by atoms with Gasteiger partial charge in [-0.2, -0.15) is 13.2 Å². The highest BCUT2D eigenvalue weighted by atomic mass is 19.4. The van der Waals surface area contributed by atoms with Crippen LogP contribution < -0.4 is 16.8 Å². The van der Waals surface area contributed by atoms with Crippen LogP contribution in [0.2, 0.25) is 0 Å². The third-order valence-electron chi connectivity index (χ3n) is 6.69. The van der Waals surface area contributed by atoms with Gasteiger partial charge >= 0.3 is 6.18 Å². The molecule has 1 aromatic rings. The molecule has 1 aromatic carbocycles. The highest BCUT2D eigenvalue weighted by Crippen LogP contribution is 2.31. The molecule has 1 saturated heterocycles. The molecule has 1 amide bonds. The summed E-state index contributed by atoms with van der Waals surface area (Å²) in [6.07, 6.45) is 0.864. The molecular weight excluding hydrogens is 435 g/mol. The van der Waals surface area contributed by atoms with E-state index in [9.17, 15) is 23.1 Å². The van der Waals surface area contributed by atoms with Crippen LogP contribution in [-0.4, -0.2) is 53.5 Å². The minimum atomic E-state index is -4.44. The van der Waals surface area contributed by atoms with Crippen LogP contribution >= 0.6 is 0 Å². The van der Waals surface area contributed by atoms with Gasteiger partial charge in [0.05, 0.1) is 16.8 Å². The summed E-state index contributed by atoms with van der Waals surface area (Å²) in [6, 6.07) is 4.82. The van der Waals surface area contributed by atoms with Crippen LogP contribution in [0.15, 0.2) is 41.0 Å². The molecule has 10 heteroatoms. The van der Waals surface area contributed by atoms with Gasteiger partial charge in [-0.3, -0.25) is 9.69 Å². The zero-order chi connectivity index (χ0) is 24.2. The van der Waals surface area contributed by atoms with Gasteiger partial charge in [-0.25, -0.2) is 4.99 Å². The zero-order valence-corrected chi connectivity index (χ0v) is 18.7. The average Bonchev–Trinajstić information content (AvgIpc) is 3.14. The van der Waals surface area contributed by atoms with Gasteiger partial charge in [-0.1, -0.05) is 6.92 Å². The second-order valence-electron chi connectivity index (χ2n) is 9.01. The summed E-state index contributed by atoms with van der Waals surface area (Å²) in [6.45, 7) is 4.35. The van der Waals surface area contributed by atoms with Crippen LogP contribution in [0.4, 0.5) is 18.9 Å². The highest BCUT2D eigenvalue weighted by molar-refractivity contribution is 6.20. The molecule has 0 aromatic heterocycles. The van der Waals surface area contributed by atoms with Crippen molar-refractivity contribution >= 4 is 17.4 Å². The first-order chi connectivity index (χ1) is 15.6. The molecule has 3 rings (SSSR count). The molecule has 0 spiro atoms. The number of nitrogens with zero attached hydrogens (tertiary/aromatic N) is 2. The predicted octanol–water partition coefficient (Wildman–Crippen LogP) is 2.52. The number of likely N-dealkylation sites (tertiary alicyclic amines) is 1. The molecular formula is C23H32F3N5O2. The molecule has 1 aliphatic carbocycles. The third kappa shape index (κ3) is 6.48. The SMILES string of the molecule is CC1CN(C2CCC(N/C=C(/C(N)=O)C(N)=Nc3ccc(C(F)(F)F)cc3)CC2)C[C@H]1CO. The van der Waals surface area contributed by atoms with Gasteiger partial charge in [0.25, 0.3) is 5.91 Å². The van der Waals surface area contributed by atoms with Gasteiger partial charge in [0.2, 0.25) is 0 Å². The molecule has 2 fully saturated rings. The summed E-state index contributed by atoms with van der Waals surface area (Å²) in [5, 5.41) is 12.7. The van der Waals surface area contributed by atoms with Crippen molar-refractivity contribution in [3.8, 4) is 0 Å². The number of aliphatic imine (C=N–C) groups is 1. The Hall–Kier alpha value is -2.59. The zero-order valence-electron chi connectivity index (χ0n) is 18.7. The first kappa shape index (κ1) is 25.0. The minimum absolute atomic E-state index is 0.0174. The molecule has 2 aliphatic rings. The number of alkyl halides is 3. The minimum Gasteiger partial charge on any atom is -0.396 e. The Morgan fingerprint density at radius 1 is 1.18 bits per heavy atom. The van der Waals surface area contributed by atoms with E-state index in [2.05, 4.69) is 22.1 Å². The van der Waals surface area contributed by atoms with Crippen molar-refractivity contribution in [2.75, 3.05) is 19.7 Å². The van der Waals surface area contributed by atoms with Gasteiger partial charge < -0.3 is 21.9 Å². The van der Waals surface area contributed by atoms with Crippen molar-refractivity contribution in [2.24, 2.45) is 28.3 Å². The Kier molecular flexibility index (Phi) is 8.01. The number of hydrogen-bond donors (Lipinski definition) is 4. The number of nitrogens with two attached hydrogens (primary N) is 2. The Labute approximate surface area is 191 Å². The van der Waals surface area contributed by atoms with Crippen LogP contribution in [0.3, 0.4) is 0 Å². The van der Waals surface area contributed by atoms with E-state index >= 15 is 0 Å². The lowest BCUT2D eigenvalue weighted by Crippen LogP contribution is -2.41. The third-order valence-corrected chi connectivity index (χ3v) is 6.69. The van der Waals surface area contributed by atoms with E-state index in [1.165, 1.54) is 18.3 Å². The van der Waals surface area contributed by atoms with Crippen LogP contribution in [0, 0.1) is 11.8 Å². The molecule has 7 nitrogen and oxygen atoms in total. The van der Waals surface area contributed by atoms with E-state index in [-0.39, 0.29) is 29.7 Å². The van der Waals surface area contributed by atoms with Crippen molar-refractivity contribution < 1.29 is 23.1 Å². The van der Waals surface area contributed by atoms with Crippen LogP contribution in [0.1, 0.15) is 38.2 Å². The highest BCUT2D eigenvalue weighted by Gasteiger charge is 2.35. The van der Waals surface area contributed by atoms with E-state index in [1.807, 2.05) is 0 Å². The number of carbonyl (C=O) groups is 1. The summed E-state index contributed by atoms with van der Waals surface area (Å²) in [7, 11) is 0. The second kappa shape index (κ2) is 10.6. The van der Waals surface area contributed by atoms with Crippen LogP contribution in [0.5, 0.6) is 0 Å². The number of carbonyl (C=O) groups excluding carboxylic acids is 1. The average molecular weight is 468 g/mol. The van der Waals surface area contributed by atoms with Gasteiger partial charge in [0, 0.05) is 38.0 Å². The van der Waals surface area contributed by atoms with Gasteiger partial charge in [0.15, 0.2) is 0 Å². The lowest BCUT2D eigenvalue weighted by molar-refractivity contribution is -0.137. The molecule has 33 heavy (non-hydrogen) atoms. The monoisotopic (exact) mass is 467 g/mol. The Morgan fingerprint density at radius 2 is 1.82 bits per heavy atom. The molecule has 1 aliphatic heterocycles. The predicted molar refractivity (Wildman–Crippen MR) is 120 cm³/mol. The molecule has 0 bridgehead atoms. The standard InChI is InChI=1S/C23H32F3N5O2/c1-14-11-31(12-15(14)13-32)19-8-6-17(7-9-19)29-10-20(22(28)33)21(27)30-18-4-2-16(3-5-18)23(24,25)26/h2-5,10,14-15,17,19,29,32H,6-9,11-13H2,1H3,(H2,27,30)(H2,28,33)/b20-10+/t14?,15-,17?,19?/m0/s1. The lowest BCUT2D eigenvalue weighted by atomic mass is 9.90. The quantitative estimate of drug-likeness (QED) is 0.279. The largest absolute Gasteiger partial charge is 0.416 e. The molecule has 182 valence electrons. The smallest absolute Gasteiger partial charge is 0.396 e. The number of aliphatic hydroxyl groups excluding tert-OH is 1. The molecule has 1 unspecified atom stereocenters. The maximum Gasteiger partial charge on any atom is 0.416 e. The Bertz CT molecular complexity index is 877. The summed E-state index contributed by atoms with van der Waals surface area (Å²) < 4.78 is 38.1. The number of amidine groups is 1. The van der Waals surface area contributed by atoms with Crippen LogP contribution in [-0.2, 0) is 11.0 Å². The molecule has 6 N–H and O–H groups in total. The fourth-order valence-electron chi connectivity index (χ4n) is 4.61. The van der Waals surface area contributed by atoms with Crippen molar-refractivity contribution in [1.82, 2.24) is 10.2 Å². The van der Waals surface area contributed by atoms with Crippen molar-refractivity contribution in [3.05, 3.63) is 41.6 Å². The summed E-state index contributed by atoms with van der Waals surface area (Å²) in [5.74, 6) is -0.0948. The van der Waals surface area contributed by atoms with Gasteiger partial charge in [0.1, 0.15) is 5.84 Å². The van der Waals surface area contributed by atoms with E-state index < -0.39 is 17.6 Å². The maximum absolute atomic E-state index is 12.7. The number of amides is 1. The maximum atomic E-state index is 12.7. The molecule has 1 saturated carbocycles. The summed E-state index contributed by atoms with van der Waals surface area (Å²) in [5.41, 5.74) is 10.8. The van der Waals surface area contributed by atoms with Gasteiger partial charge in [-0.05, 0) is 61.8 Å². The van der Waals surface area contributed by atoms with Crippen LogP contribution in [0.25, 0.3) is 0 Å². The lowest BCUT2D eigenvalue weighted by Gasteiger charge is -2.35. The normalized spacial score (nSPS) is 27.5. The van der Waals surface area contributed by atoms with Crippen molar-refractivity contribution in [3.63, 3.8) is 0 Å². The molecule has 2 atom stereocenters. The van der Waals surface area contributed by atoms with E-state index in [4.69, 9.17) is 11.5 Å². The topological polar surface area (TPSA) is 117 Å². The Balaban J connectivity index is 1.58. The number of hydrogen-bond acceptors (Lipinski definition) is 5. The number of nitrogens with one attached hydrogen (secondary N) is 1. The fourth-order valence-corrected chi connectivity index (χ4v) is 4.61. The van der Waals surface area contributed by atoms with Crippen molar-refractivity contribution in [2.45, 2.75) is 50.9 Å². The second-order valence-corrected chi connectivity index (χ2v) is 9.01. The summed E-state index contributed by atoms with van der Waals surface area (Å²) >= 11 is 0. The summed E-state index contributed by atoms with van der Waals surface area (Å²) in [4.78, 5) is 18.4. The van der Waals surface area contributed by atoms with E-state index in [0.717, 1.165) is 50.9 Å². The number of primary amides is 1. The number of rotatable bonds is 7. The van der Waals surface area contributed by atoms with Crippen molar-refractivity contribution in [1.29, 1.82) is 0 Å².